The minimum absolute atomic E-state index is 0.0825. The molecule has 3 heterocycles. The Kier molecular flexibility index (Phi) is 6.90. The maximum Gasteiger partial charge on any atom is 0.244 e. The smallest absolute Gasteiger partial charge is 0.244 e. The molecule has 8 heteroatoms. The van der Waals surface area contributed by atoms with Crippen molar-refractivity contribution in [3.8, 4) is 5.75 Å². The normalized spacial score (nSPS) is 14.8. The van der Waals surface area contributed by atoms with Crippen molar-refractivity contribution in [2.24, 2.45) is 0 Å². The predicted octanol–water partition coefficient (Wildman–Crippen LogP) is 3.19. The third kappa shape index (κ3) is 5.76. The average Bonchev–Trinajstić information content (AvgIpc) is 3.37. The molecular formula is C24H31N5O3. The van der Waals surface area contributed by atoms with Gasteiger partial charge in [0, 0.05) is 44.6 Å². The zero-order valence-corrected chi connectivity index (χ0v) is 19.0. The van der Waals surface area contributed by atoms with Crippen molar-refractivity contribution in [2.45, 2.75) is 52.4 Å². The van der Waals surface area contributed by atoms with E-state index in [9.17, 15) is 4.79 Å². The first kappa shape index (κ1) is 22.1. The molecule has 0 aliphatic carbocycles. The highest BCUT2D eigenvalue weighted by Crippen LogP contribution is 2.21. The second-order valence-electron chi connectivity index (χ2n) is 8.51. The zero-order valence-electron chi connectivity index (χ0n) is 19.0. The first-order chi connectivity index (χ1) is 15.5. The number of aryl methyl sites for hydroxylation is 2. The molecule has 1 saturated heterocycles. The molecule has 0 bridgehead atoms. The number of furan rings is 1. The van der Waals surface area contributed by atoms with Gasteiger partial charge in [-0.2, -0.15) is 5.10 Å². The summed E-state index contributed by atoms with van der Waals surface area (Å²) < 4.78 is 13.1. The molecule has 1 aliphatic rings. The molecule has 0 radical (unpaired) electrons. The summed E-state index contributed by atoms with van der Waals surface area (Å²) in [6.07, 6.45) is 5.25. The van der Waals surface area contributed by atoms with Gasteiger partial charge in [0.05, 0.1) is 12.5 Å². The third-order valence-corrected chi connectivity index (χ3v) is 5.73. The lowest BCUT2D eigenvalue weighted by molar-refractivity contribution is -0.133. The van der Waals surface area contributed by atoms with E-state index < -0.39 is 0 Å². The van der Waals surface area contributed by atoms with Gasteiger partial charge < -0.3 is 14.1 Å². The van der Waals surface area contributed by atoms with Crippen molar-refractivity contribution in [1.82, 2.24) is 24.6 Å². The number of carbonyl (C=O) groups excluding carboxylic acids is 1. The molecule has 1 fully saturated rings. The number of carbonyl (C=O) groups is 1. The summed E-state index contributed by atoms with van der Waals surface area (Å²) in [7, 11) is 2.09. The van der Waals surface area contributed by atoms with Gasteiger partial charge in [0.2, 0.25) is 5.91 Å². The van der Waals surface area contributed by atoms with E-state index in [0.29, 0.717) is 18.9 Å². The molecule has 2 aromatic heterocycles. The van der Waals surface area contributed by atoms with Crippen molar-refractivity contribution >= 4 is 5.91 Å². The largest absolute Gasteiger partial charge is 0.490 e. The van der Waals surface area contributed by atoms with E-state index in [4.69, 9.17) is 9.15 Å². The summed E-state index contributed by atoms with van der Waals surface area (Å²) in [5, 5.41) is 4.29. The number of benzene rings is 1. The third-order valence-electron chi connectivity index (χ3n) is 5.73. The lowest BCUT2D eigenvalue weighted by atomic mass is 10.1. The Bertz CT molecular complexity index is 1020. The highest BCUT2D eigenvalue weighted by Gasteiger charge is 2.24. The van der Waals surface area contributed by atoms with Crippen molar-refractivity contribution in [1.29, 1.82) is 0 Å². The van der Waals surface area contributed by atoms with Gasteiger partial charge in [-0.15, -0.1) is 0 Å². The maximum atomic E-state index is 12.6. The van der Waals surface area contributed by atoms with Crippen LogP contribution >= 0.6 is 0 Å². The van der Waals surface area contributed by atoms with Crippen LogP contribution in [-0.2, 0) is 24.4 Å². The van der Waals surface area contributed by atoms with Crippen molar-refractivity contribution in [3.05, 3.63) is 65.6 Å². The summed E-state index contributed by atoms with van der Waals surface area (Å²) in [5.74, 6) is 2.43. The first-order valence-electron chi connectivity index (χ1n) is 11.1. The summed E-state index contributed by atoms with van der Waals surface area (Å²) in [5.41, 5.74) is 2.37. The van der Waals surface area contributed by atoms with Crippen LogP contribution < -0.4 is 4.74 Å². The van der Waals surface area contributed by atoms with Crippen molar-refractivity contribution < 1.29 is 13.9 Å². The van der Waals surface area contributed by atoms with Crippen LogP contribution in [0, 0.1) is 13.8 Å². The van der Waals surface area contributed by atoms with E-state index in [1.807, 2.05) is 36.9 Å². The van der Waals surface area contributed by atoms with Crippen LogP contribution in [0.1, 0.15) is 35.6 Å². The summed E-state index contributed by atoms with van der Waals surface area (Å²) >= 11 is 0. The monoisotopic (exact) mass is 437 g/mol. The van der Waals surface area contributed by atoms with Crippen molar-refractivity contribution in [3.63, 3.8) is 0 Å². The van der Waals surface area contributed by atoms with E-state index in [2.05, 4.69) is 34.2 Å². The summed E-state index contributed by atoms with van der Waals surface area (Å²) in [6.45, 7) is 7.01. The molecule has 0 atom stereocenters. The Morgan fingerprint density at radius 1 is 1.19 bits per heavy atom. The van der Waals surface area contributed by atoms with Gasteiger partial charge in [0.1, 0.15) is 30.0 Å². The number of ether oxygens (including phenoxy) is 1. The number of hydrogen-bond acceptors (Lipinski definition) is 6. The molecule has 0 N–H and O–H groups in total. The summed E-state index contributed by atoms with van der Waals surface area (Å²) in [4.78, 5) is 21.0. The fourth-order valence-corrected chi connectivity index (χ4v) is 4.13. The van der Waals surface area contributed by atoms with E-state index in [0.717, 1.165) is 43.1 Å². The number of likely N-dealkylation sites (tertiary alicyclic amines) is 1. The second-order valence-corrected chi connectivity index (χ2v) is 8.51. The van der Waals surface area contributed by atoms with Gasteiger partial charge in [-0.05, 0) is 44.7 Å². The Hall–Kier alpha value is -3.13. The van der Waals surface area contributed by atoms with Crippen molar-refractivity contribution in [2.75, 3.05) is 20.1 Å². The molecule has 3 aromatic rings. The van der Waals surface area contributed by atoms with Gasteiger partial charge >= 0.3 is 0 Å². The Morgan fingerprint density at radius 2 is 1.97 bits per heavy atom. The molecule has 0 saturated carbocycles. The minimum atomic E-state index is 0.0825. The number of hydrogen-bond donors (Lipinski definition) is 0. The quantitative estimate of drug-likeness (QED) is 0.539. The molecule has 1 aromatic carbocycles. The van der Waals surface area contributed by atoms with Crippen LogP contribution in [-0.4, -0.2) is 56.7 Å². The molecule has 8 nitrogen and oxygen atoms in total. The van der Waals surface area contributed by atoms with Gasteiger partial charge in [0.25, 0.3) is 0 Å². The average molecular weight is 438 g/mol. The lowest BCUT2D eigenvalue weighted by Crippen LogP contribution is -2.43. The lowest BCUT2D eigenvalue weighted by Gasteiger charge is -2.32. The maximum absolute atomic E-state index is 12.6. The highest BCUT2D eigenvalue weighted by molar-refractivity contribution is 5.76. The number of amides is 1. The van der Waals surface area contributed by atoms with Crippen LogP contribution in [0.2, 0.25) is 0 Å². The fraction of sp³-hybridized carbons (Fsp3) is 0.458. The molecule has 1 aliphatic heterocycles. The molecule has 4 rings (SSSR count). The predicted molar refractivity (Wildman–Crippen MR) is 120 cm³/mol. The molecule has 1 amide bonds. The fourth-order valence-electron chi connectivity index (χ4n) is 4.13. The van der Waals surface area contributed by atoms with Crippen LogP contribution in [0.15, 0.2) is 47.3 Å². The van der Waals surface area contributed by atoms with Gasteiger partial charge in [-0.25, -0.2) is 9.67 Å². The SMILES string of the molecule is Cc1nc(C)n(CC(=O)N2CCC(Oc3cccc(CN(C)Cc4ccoc4)c3)CC2)n1. The number of aromatic nitrogens is 3. The standard InChI is InChI=1S/C24H31N5O3/c1-18-25-19(2)29(26-18)16-24(30)28-10-7-22(8-11-28)32-23-6-4-5-20(13-23)14-27(3)15-21-9-12-31-17-21/h4-6,9,12-13,17,22H,7-8,10-11,14-16H2,1-3H3. The number of rotatable bonds is 8. The van der Waals surface area contributed by atoms with E-state index in [1.165, 1.54) is 5.56 Å². The molecule has 170 valence electrons. The second kappa shape index (κ2) is 9.99. The minimum Gasteiger partial charge on any atom is -0.490 e. The van der Waals surface area contributed by atoms with E-state index in [1.54, 1.807) is 17.2 Å². The van der Waals surface area contributed by atoms with Crippen LogP contribution in [0.5, 0.6) is 5.75 Å². The van der Waals surface area contributed by atoms with Gasteiger partial charge in [-0.3, -0.25) is 9.69 Å². The van der Waals surface area contributed by atoms with Gasteiger partial charge in [-0.1, -0.05) is 12.1 Å². The zero-order chi connectivity index (χ0) is 22.5. The van der Waals surface area contributed by atoms with Crippen LogP contribution in [0.3, 0.4) is 0 Å². The first-order valence-corrected chi connectivity index (χ1v) is 11.1. The topological polar surface area (TPSA) is 76.6 Å². The molecular weight excluding hydrogens is 406 g/mol. The van der Waals surface area contributed by atoms with E-state index >= 15 is 0 Å². The molecule has 0 unspecified atom stereocenters. The Morgan fingerprint density at radius 3 is 2.66 bits per heavy atom. The molecule has 0 spiro atoms. The van der Waals surface area contributed by atoms with Crippen LogP contribution in [0.25, 0.3) is 0 Å². The highest BCUT2D eigenvalue weighted by atomic mass is 16.5. The Balaban J connectivity index is 1.25. The number of nitrogens with zero attached hydrogens (tertiary/aromatic N) is 5. The Labute approximate surface area is 188 Å². The van der Waals surface area contributed by atoms with Crippen LogP contribution in [0.4, 0.5) is 0 Å². The van der Waals surface area contributed by atoms with E-state index in [-0.39, 0.29) is 18.6 Å². The number of piperidine rings is 1. The molecule has 32 heavy (non-hydrogen) atoms. The summed E-state index contributed by atoms with van der Waals surface area (Å²) in [6, 6.07) is 10.3. The van der Waals surface area contributed by atoms with Gasteiger partial charge in [0.15, 0.2) is 0 Å².